The molecule has 0 atom stereocenters. The molecule has 9 nitrogen and oxygen atoms in total. The highest BCUT2D eigenvalue weighted by molar-refractivity contribution is 7.89. The molecule has 0 spiro atoms. The van der Waals surface area contributed by atoms with Gasteiger partial charge < -0.3 is 4.74 Å². The molecule has 0 aliphatic carbocycles. The fraction of sp³-hybridized carbons (Fsp3) is 0.286. The minimum Gasteiger partial charge on any atom is -0.496 e. The van der Waals surface area contributed by atoms with Gasteiger partial charge in [-0.05, 0) is 57.5 Å². The second-order valence-corrected chi connectivity index (χ2v) is 9.68. The van der Waals surface area contributed by atoms with Gasteiger partial charge in [0.2, 0.25) is 16.0 Å². The summed E-state index contributed by atoms with van der Waals surface area (Å²) in [6, 6.07) is 11.7. The van der Waals surface area contributed by atoms with Crippen molar-refractivity contribution in [3.63, 3.8) is 0 Å². The summed E-state index contributed by atoms with van der Waals surface area (Å²) in [5, 5.41) is 9.40. The number of aromatic amines is 1. The number of H-pyrrole nitrogens is 1. The van der Waals surface area contributed by atoms with Crippen LogP contribution in [0.1, 0.15) is 36.7 Å². The average Bonchev–Trinajstić information content (AvgIpc) is 3.14. The van der Waals surface area contributed by atoms with E-state index < -0.39 is 21.5 Å². The van der Waals surface area contributed by atoms with Gasteiger partial charge in [-0.1, -0.05) is 18.2 Å². The summed E-state index contributed by atoms with van der Waals surface area (Å²) in [6.07, 6.45) is 0. The molecule has 0 aliphatic rings. The number of methoxy groups -OCH3 is 1. The summed E-state index contributed by atoms with van der Waals surface area (Å²) in [7, 11) is -2.23. The molecule has 164 valence electrons. The van der Waals surface area contributed by atoms with E-state index in [0.717, 1.165) is 0 Å². The number of aryl methyl sites for hydroxylation is 1. The van der Waals surface area contributed by atoms with Crippen molar-refractivity contribution in [2.24, 2.45) is 0 Å². The van der Waals surface area contributed by atoms with Gasteiger partial charge >= 0.3 is 0 Å². The number of benzene rings is 2. The molecule has 1 aromatic heterocycles. The highest BCUT2D eigenvalue weighted by Gasteiger charge is 2.24. The van der Waals surface area contributed by atoms with Gasteiger partial charge in [0.1, 0.15) is 5.75 Å². The first-order chi connectivity index (χ1) is 14.5. The van der Waals surface area contributed by atoms with Crippen LogP contribution in [0.4, 0.5) is 5.95 Å². The predicted molar refractivity (Wildman–Crippen MR) is 118 cm³/mol. The van der Waals surface area contributed by atoms with E-state index >= 15 is 0 Å². The van der Waals surface area contributed by atoms with E-state index in [1.54, 1.807) is 46.9 Å². The monoisotopic (exact) mass is 443 g/mol. The normalized spacial score (nSPS) is 11.9. The lowest BCUT2D eigenvalue weighted by Crippen LogP contribution is -2.40. The predicted octanol–water partition coefficient (Wildman–Crippen LogP) is 3.12. The molecule has 0 aliphatic heterocycles. The lowest BCUT2D eigenvalue weighted by atomic mass is 10.1. The quantitative estimate of drug-likeness (QED) is 0.537. The van der Waals surface area contributed by atoms with E-state index in [2.05, 4.69) is 25.2 Å². The Morgan fingerprint density at radius 3 is 2.52 bits per heavy atom. The van der Waals surface area contributed by atoms with Gasteiger partial charge in [-0.2, -0.15) is 4.98 Å². The van der Waals surface area contributed by atoms with Crippen LogP contribution in [0, 0.1) is 6.92 Å². The molecule has 10 heteroatoms. The zero-order valence-electron chi connectivity index (χ0n) is 18.0. The molecule has 3 rings (SSSR count). The number of nitrogens with zero attached hydrogens (tertiary/aromatic N) is 2. The minimum atomic E-state index is -3.78. The summed E-state index contributed by atoms with van der Waals surface area (Å²) in [6.45, 7) is 6.96. The zero-order valence-corrected chi connectivity index (χ0v) is 18.8. The van der Waals surface area contributed by atoms with Gasteiger partial charge in [-0.3, -0.25) is 15.2 Å². The molecule has 1 amide bonds. The van der Waals surface area contributed by atoms with E-state index in [1.165, 1.54) is 12.1 Å². The minimum absolute atomic E-state index is 0.00266. The first-order valence-corrected chi connectivity index (χ1v) is 11.0. The molecular weight excluding hydrogens is 418 g/mol. The van der Waals surface area contributed by atoms with E-state index in [0.29, 0.717) is 22.7 Å². The Hall–Kier alpha value is -3.24. The number of rotatable bonds is 6. The number of ether oxygens (including phenoxy) is 1. The number of hydrogen-bond donors (Lipinski definition) is 3. The second kappa shape index (κ2) is 8.48. The first-order valence-electron chi connectivity index (χ1n) is 9.52. The third kappa shape index (κ3) is 5.28. The Bertz CT molecular complexity index is 1210. The molecule has 0 saturated carbocycles. The highest BCUT2D eigenvalue weighted by atomic mass is 32.2. The van der Waals surface area contributed by atoms with Gasteiger partial charge in [0.15, 0.2) is 5.82 Å². The molecule has 3 N–H and O–H groups in total. The molecule has 0 bridgehead atoms. The lowest BCUT2D eigenvalue weighted by Gasteiger charge is -2.20. The Balaban J connectivity index is 1.85. The number of carbonyl (C=O) groups excluding carboxylic acids is 1. The maximum Gasteiger partial charge on any atom is 0.258 e. The van der Waals surface area contributed by atoms with Crippen molar-refractivity contribution in [2.75, 3.05) is 12.4 Å². The number of aromatic nitrogens is 3. The Kier molecular flexibility index (Phi) is 6.14. The second-order valence-electron chi connectivity index (χ2n) is 7.99. The van der Waals surface area contributed by atoms with Crippen molar-refractivity contribution in [1.82, 2.24) is 19.9 Å². The van der Waals surface area contributed by atoms with Crippen LogP contribution in [0.15, 0.2) is 47.4 Å². The Morgan fingerprint density at radius 2 is 1.84 bits per heavy atom. The molecule has 0 saturated heterocycles. The number of para-hydroxylation sites is 1. The van der Waals surface area contributed by atoms with Crippen molar-refractivity contribution >= 4 is 21.9 Å². The molecule has 0 radical (unpaired) electrons. The van der Waals surface area contributed by atoms with Crippen molar-refractivity contribution in [2.45, 2.75) is 38.1 Å². The largest absolute Gasteiger partial charge is 0.496 e. The number of hydrogen-bond acceptors (Lipinski definition) is 6. The Labute approximate surface area is 181 Å². The molecule has 0 unspecified atom stereocenters. The van der Waals surface area contributed by atoms with E-state index in [9.17, 15) is 13.2 Å². The van der Waals surface area contributed by atoms with E-state index in [4.69, 9.17) is 4.74 Å². The van der Waals surface area contributed by atoms with Crippen molar-refractivity contribution in [1.29, 1.82) is 0 Å². The van der Waals surface area contributed by atoms with Crippen molar-refractivity contribution in [3.05, 3.63) is 53.6 Å². The summed E-state index contributed by atoms with van der Waals surface area (Å²) < 4.78 is 33.2. The van der Waals surface area contributed by atoms with E-state index in [1.807, 2.05) is 18.2 Å². The molecule has 2 aromatic carbocycles. The number of amides is 1. The van der Waals surface area contributed by atoms with Crippen LogP contribution in [0.2, 0.25) is 0 Å². The summed E-state index contributed by atoms with van der Waals surface area (Å²) >= 11 is 0. The van der Waals surface area contributed by atoms with Gasteiger partial charge in [-0.15, -0.1) is 5.10 Å². The lowest BCUT2D eigenvalue weighted by molar-refractivity contribution is 0.102. The third-order valence-corrected chi connectivity index (χ3v) is 6.03. The first kappa shape index (κ1) is 22.4. The van der Waals surface area contributed by atoms with Crippen LogP contribution in [0.3, 0.4) is 0 Å². The highest BCUT2D eigenvalue weighted by Crippen LogP contribution is 2.27. The third-order valence-electron chi connectivity index (χ3n) is 4.28. The molecule has 31 heavy (non-hydrogen) atoms. The molecule has 0 fully saturated rings. The van der Waals surface area contributed by atoms with Crippen LogP contribution in [0.25, 0.3) is 11.4 Å². The fourth-order valence-corrected chi connectivity index (χ4v) is 4.37. The van der Waals surface area contributed by atoms with Crippen LogP contribution in [0.5, 0.6) is 5.75 Å². The van der Waals surface area contributed by atoms with Crippen LogP contribution in [-0.2, 0) is 10.0 Å². The molecular formula is C21H25N5O4S. The number of anilines is 1. The molecule has 1 heterocycles. The van der Waals surface area contributed by atoms with E-state index in [-0.39, 0.29) is 16.4 Å². The van der Waals surface area contributed by atoms with Gasteiger partial charge in [-0.25, -0.2) is 13.1 Å². The van der Waals surface area contributed by atoms with Crippen molar-refractivity contribution < 1.29 is 17.9 Å². The smallest absolute Gasteiger partial charge is 0.258 e. The zero-order chi connectivity index (χ0) is 22.8. The standard InChI is InChI=1S/C21H25N5O4S/c1-13-10-11-14(31(28,29)26-21(2,3)4)12-16(13)19(27)23-20-22-18(24-25-20)15-8-6-7-9-17(15)30-5/h6-12,26H,1-5H3,(H2,22,23,24,25,27). The SMILES string of the molecule is COc1ccccc1-c1nc(NC(=O)c2cc(S(=O)(=O)NC(C)(C)C)ccc2C)n[nH]1. The average molecular weight is 444 g/mol. The maximum absolute atomic E-state index is 12.8. The maximum atomic E-state index is 12.8. The number of sulfonamides is 1. The fourth-order valence-electron chi connectivity index (χ4n) is 2.92. The van der Waals surface area contributed by atoms with Gasteiger partial charge in [0.05, 0.1) is 17.6 Å². The van der Waals surface area contributed by atoms with Gasteiger partial charge in [0, 0.05) is 11.1 Å². The summed E-state index contributed by atoms with van der Waals surface area (Å²) in [5.74, 6) is 0.578. The topological polar surface area (TPSA) is 126 Å². The summed E-state index contributed by atoms with van der Waals surface area (Å²) in [5.41, 5.74) is 0.864. The molecule has 3 aromatic rings. The van der Waals surface area contributed by atoms with Crippen LogP contribution < -0.4 is 14.8 Å². The van der Waals surface area contributed by atoms with Crippen molar-refractivity contribution in [3.8, 4) is 17.1 Å². The van der Waals surface area contributed by atoms with Crippen LogP contribution in [-0.4, -0.2) is 42.2 Å². The van der Waals surface area contributed by atoms with Crippen LogP contribution >= 0.6 is 0 Å². The Morgan fingerprint density at radius 1 is 1.13 bits per heavy atom. The number of nitrogens with one attached hydrogen (secondary N) is 3. The number of carbonyl (C=O) groups is 1. The van der Waals surface area contributed by atoms with Gasteiger partial charge in [0.25, 0.3) is 5.91 Å². The summed E-state index contributed by atoms with van der Waals surface area (Å²) in [4.78, 5) is 17.1.